The number of rotatable bonds is 13. The molecular formula is C42H35Cl4N3O6S2. The van der Waals surface area contributed by atoms with Gasteiger partial charge in [0.05, 0.1) is 26.7 Å². The molecule has 15 heteroatoms. The number of nitrogens with one attached hydrogen (secondary N) is 2. The monoisotopic (exact) mass is 881 g/mol. The Morgan fingerprint density at radius 3 is 1.91 bits per heavy atom. The van der Waals surface area contributed by atoms with Crippen LogP contribution in [0.4, 0.5) is 17.1 Å². The Balaban J connectivity index is 0.000000218. The Labute approximate surface area is 354 Å². The fourth-order valence-corrected chi connectivity index (χ4v) is 8.67. The molecule has 0 aliphatic rings. The zero-order valence-electron chi connectivity index (χ0n) is 30.1. The zero-order valence-corrected chi connectivity index (χ0v) is 34.8. The number of aromatic hydroxyl groups is 2. The number of carbonyl (C=O) groups excluding carboxylic acids is 2. The van der Waals surface area contributed by atoms with Crippen molar-refractivity contribution < 1.29 is 28.2 Å². The molecule has 0 bridgehead atoms. The molecule has 6 rings (SSSR count). The van der Waals surface area contributed by atoms with Crippen LogP contribution in [0.5, 0.6) is 11.5 Å². The summed E-state index contributed by atoms with van der Waals surface area (Å²) < 4.78 is 26.1. The number of halogens is 4. The van der Waals surface area contributed by atoms with E-state index in [0.717, 1.165) is 15.4 Å². The molecule has 0 atom stereocenters. The first-order valence-corrected chi connectivity index (χ1v) is 20.8. The molecule has 0 spiro atoms. The first-order valence-electron chi connectivity index (χ1n) is 17.0. The molecule has 0 aliphatic carbocycles. The number of nitrogen functional groups attached to an aromatic ring is 1. The standard InChI is InChI=1S/C21H18Cl2N2O2S.C21H17Cl2NO4S/c1-12(26)18-9-15(23)10-19(21(18)27)25-11-13-8-16(24)4-7-20(13)28-17-5-2-14(22)3-6-17;22-16-5-7-18(8-6-16)29(27,28)20-4-2-1-3-15(20)13-24-19-12-17(23)11-14(9-10-25)21(19)26/h2-10,25,27H,11,24H2,1H3;1-8,10-12,24,26H,9,13H2. The summed E-state index contributed by atoms with van der Waals surface area (Å²) in [6.07, 6.45) is 0.686. The van der Waals surface area contributed by atoms with Crippen LogP contribution in [0.1, 0.15) is 34.0 Å². The Hall–Kier alpha value is -4.88. The summed E-state index contributed by atoms with van der Waals surface area (Å²) in [5, 5.41) is 28.7. The quantitative estimate of drug-likeness (QED) is 0.0327. The smallest absolute Gasteiger partial charge is 0.206 e. The van der Waals surface area contributed by atoms with Gasteiger partial charge in [0.2, 0.25) is 9.84 Å². The number of anilines is 3. The lowest BCUT2D eigenvalue weighted by Crippen LogP contribution is -2.09. The van der Waals surface area contributed by atoms with Gasteiger partial charge in [-0.1, -0.05) is 76.4 Å². The van der Waals surface area contributed by atoms with Crippen molar-refractivity contribution in [3.8, 4) is 11.5 Å². The number of carbonyl (C=O) groups is 2. The second-order valence-corrected chi connectivity index (χ2v) is 17.2. The third-order valence-electron chi connectivity index (χ3n) is 8.36. The van der Waals surface area contributed by atoms with E-state index >= 15 is 0 Å². The van der Waals surface area contributed by atoms with E-state index in [1.165, 1.54) is 55.5 Å². The number of aldehydes is 1. The molecule has 0 fully saturated rings. The van der Waals surface area contributed by atoms with Crippen molar-refractivity contribution in [2.45, 2.75) is 46.0 Å². The number of nitrogens with two attached hydrogens (primary N) is 1. The average molecular weight is 884 g/mol. The maximum atomic E-state index is 13.1. The van der Waals surface area contributed by atoms with Gasteiger partial charge in [0.15, 0.2) is 5.78 Å². The van der Waals surface area contributed by atoms with Gasteiger partial charge in [-0.15, -0.1) is 0 Å². The normalized spacial score (nSPS) is 11.0. The summed E-state index contributed by atoms with van der Waals surface area (Å²) >= 11 is 25.5. The zero-order chi connectivity index (χ0) is 41.3. The SMILES string of the molecule is CC(=O)c1cc(Cl)cc(NCc2cc(N)ccc2Sc2ccc(Cl)cc2)c1O.O=CCc1cc(Cl)cc(NCc2ccccc2S(=O)(=O)c2ccc(Cl)cc2)c1O. The molecule has 0 unspecified atom stereocenters. The molecule has 0 amide bonds. The Morgan fingerprint density at radius 1 is 0.702 bits per heavy atom. The van der Waals surface area contributed by atoms with E-state index in [-0.39, 0.29) is 45.6 Å². The summed E-state index contributed by atoms with van der Waals surface area (Å²) in [5.74, 6) is -0.474. The molecule has 0 saturated carbocycles. The predicted molar refractivity (Wildman–Crippen MR) is 230 cm³/mol. The third kappa shape index (κ3) is 11.4. The van der Waals surface area contributed by atoms with Crippen molar-refractivity contribution in [2.75, 3.05) is 16.4 Å². The van der Waals surface area contributed by atoms with Crippen molar-refractivity contribution in [1.82, 2.24) is 0 Å². The number of hydrogen-bond acceptors (Lipinski definition) is 10. The lowest BCUT2D eigenvalue weighted by Gasteiger charge is -2.15. The minimum absolute atomic E-state index is 0.0165. The fourth-order valence-electron chi connectivity index (χ4n) is 5.54. The highest BCUT2D eigenvalue weighted by Crippen LogP contribution is 2.36. The lowest BCUT2D eigenvalue weighted by atomic mass is 10.1. The number of Topliss-reactive ketones (excluding diaryl/α,β-unsaturated/α-hetero) is 1. The van der Waals surface area contributed by atoms with Crippen molar-refractivity contribution >= 4 is 97.1 Å². The number of sulfone groups is 1. The Bertz CT molecular complexity index is 2520. The molecule has 0 aliphatic heterocycles. The predicted octanol–water partition coefficient (Wildman–Crippen LogP) is 11.1. The van der Waals surface area contributed by atoms with Crippen LogP contribution in [0.15, 0.2) is 135 Å². The average Bonchev–Trinajstić information content (AvgIpc) is 3.18. The Morgan fingerprint density at radius 2 is 1.28 bits per heavy atom. The highest BCUT2D eigenvalue weighted by molar-refractivity contribution is 7.99. The Kier molecular flexibility index (Phi) is 14.8. The largest absolute Gasteiger partial charge is 0.505 e. The van der Waals surface area contributed by atoms with Gasteiger partial charge in [0, 0.05) is 60.6 Å². The van der Waals surface area contributed by atoms with Crippen molar-refractivity contribution in [3.63, 3.8) is 0 Å². The summed E-state index contributed by atoms with van der Waals surface area (Å²) in [4.78, 5) is 24.8. The van der Waals surface area contributed by atoms with Gasteiger partial charge in [0.1, 0.15) is 17.8 Å². The second-order valence-electron chi connectivity index (χ2n) is 12.4. The van der Waals surface area contributed by atoms with Gasteiger partial charge in [-0.3, -0.25) is 4.79 Å². The van der Waals surface area contributed by atoms with E-state index in [1.54, 1.807) is 36.0 Å². The maximum Gasteiger partial charge on any atom is 0.206 e. The molecule has 6 N–H and O–H groups in total. The molecular weight excluding hydrogens is 848 g/mol. The van der Waals surface area contributed by atoms with E-state index in [9.17, 15) is 28.2 Å². The van der Waals surface area contributed by atoms with Crippen molar-refractivity contribution in [1.29, 1.82) is 0 Å². The third-order valence-corrected chi connectivity index (χ3v) is 12.3. The summed E-state index contributed by atoms with van der Waals surface area (Å²) in [6, 6.07) is 31.8. The number of phenols is 2. The highest BCUT2D eigenvalue weighted by atomic mass is 35.5. The number of hydrogen-bond donors (Lipinski definition) is 5. The van der Waals surface area contributed by atoms with E-state index < -0.39 is 9.84 Å². The van der Waals surface area contributed by atoms with Gasteiger partial charge < -0.3 is 31.4 Å². The number of benzene rings is 6. The van der Waals surface area contributed by atoms with Crippen LogP contribution in [0, 0.1) is 0 Å². The van der Waals surface area contributed by atoms with Crippen LogP contribution in [-0.4, -0.2) is 30.7 Å². The van der Waals surface area contributed by atoms with Gasteiger partial charge in [-0.2, -0.15) is 0 Å². The number of phenolic OH excluding ortho intramolecular Hbond substituents is 2. The van der Waals surface area contributed by atoms with Gasteiger partial charge in [-0.25, -0.2) is 8.42 Å². The molecule has 0 aromatic heterocycles. The van der Waals surface area contributed by atoms with Crippen LogP contribution in [0.2, 0.25) is 20.1 Å². The van der Waals surface area contributed by atoms with Crippen LogP contribution in [-0.2, 0) is 34.1 Å². The van der Waals surface area contributed by atoms with Crippen molar-refractivity contribution in [3.05, 3.63) is 158 Å². The maximum absolute atomic E-state index is 13.1. The minimum Gasteiger partial charge on any atom is -0.505 e. The second kappa shape index (κ2) is 19.5. The summed E-state index contributed by atoms with van der Waals surface area (Å²) in [7, 11) is -3.76. The molecule has 57 heavy (non-hydrogen) atoms. The summed E-state index contributed by atoms with van der Waals surface area (Å²) in [5.41, 5.74) is 9.32. The number of ketones is 1. The molecule has 9 nitrogen and oxygen atoms in total. The molecule has 6 aromatic carbocycles. The first-order chi connectivity index (χ1) is 27.2. The minimum atomic E-state index is -3.76. The lowest BCUT2D eigenvalue weighted by molar-refractivity contribution is -0.107. The van der Waals surface area contributed by atoms with E-state index in [2.05, 4.69) is 10.6 Å². The molecule has 0 radical (unpaired) electrons. The van der Waals surface area contributed by atoms with Crippen LogP contribution in [0.25, 0.3) is 0 Å². The van der Waals surface area contributed by atoms with Crippen LogP contribution in [0.3, 0.4) is 0 Å². The fraction of sp³-hybridized carbons (Fsp3) is 0.0952. The van der Waals surface area contributed by atoms with E-state index in [0.29, 0.717) is 61.1 Å². The highest BCUT2D eigenvalue weighted by Gasteiger charge is 2.21. The van der Waals surface area contributed by atoms with Crippen LogP contribution < -0.4 is 16.4 Å². The molecule has 6 aromatic rings. The van der Waals surface area contributed by atoms with Gasteiger partial charge in [0.25, 0.3) is 0 Å². The van der Waals surface area contributed by atoms with Gasteiger partial charge in [-0.05, 0) is 115 Å². The summed E-state index contributed by atoms with van der Waals surface area (Å²) in [6.45, 7) is 1.90. The van der Waals surface area contributed by atoms with Gasteiger partial charge >= 0.3 is 0 Å². The first kappa shape index (κ1) is 43.2. The molecule has 294 valence electrons. The van der Waals surface area contributed by atoms with Crippen molar-refractivity contribution in [2.24, 2.45) is 0 Å². The van der Waals surface area contributed by atoms with E-state index in [4.69, 9.17) is 52.1 Å². The molecule has 0 saturated heterocycles. The van der Waals surface area contributed by atoms with E-state index in [1.807, 2.05) is 42.5 Å². The topological polar surface area (TPSA) is 159 Å². The molecule has 0 heterocycles. The van der Waals surface area contributed by atoms with Crippen LogP contribution >= 0.6 is 58.2 Å².